The lowest BCUT2D eigenvalue weighted by Crippen LogP contribution is -2.60. The molecule has 0 radical (unpaired) electrons. The maximum atomic E-state index is 11.1. The topological polar surface area (TPSA) is 132 Å². The van der Waals surface area contributed by atoms with Crippen LogP contribution in [0.4, 0.5) is 0 Å². The third kappa shape index (κ3) is 7.13. The first kappa shape index (κ1) is 21.6. The van der Waals surface area contributed by atoms with Gasteiger partial charge in [0.2, 0.25) is 0 Å². The van der Waals surface area contributed by atoms with E-state index in [1.165, 1.54) is 38.5 Å². The molecule has 0 saturated carbocycles. The molecule has 144 valence electrons. The maximum Gasteiger partial charge on any atom is 0.328 e. The van der Waals surface area contributed by atoms with E-state index in [4.69, 9.17) is 15.9 Å². The number of imidazole rings is 1. The van der Waals surface area contributed by atoms with E-state index in [-0.39, 0.29) is 6.42 Å². The van der Waals surface area contributed by atoms with E-state index in [2.05, 4.69) is 16.9 Å². The number of carboxylic acids is 1. The molecule has 1 rings (SSSR count). The number of nitrogens with one attached hydrogen (secondary N) is 1. The van der Waals surface area contributed by atoms with Crippen molar-refractivity contribution in [3.05, 3.63) is 17.7 Å². The number of H-pyrrole nitrogens is 1. The molecular weight excluding hydrogens is 322 g/mol. The minimum absolute atomic E-state index is 0.119. The molecule has 6 N–H and O–H groups in total. The Morgan fingerprint density at radius 3 is 2.48 bits per heavy atom. The number of nitrogens with two attached hydrogens (primary N) is 1. The first-order chi connectivity index (χ1) is 11.9. The molecule has 7 nitrogen and oxygen atoms in total. The lowest BCUT2D eigenvalue weighted by atomic mass is 9.91. The summed E-state index contributed by atoms with van der Waals surface area (Å²) in [7, 11) is 0. The number of aromatic nitrogens is 2. The average Bonchev–Trinajstić information content (AvgIpc) is 3.05. The summed E-state index contributed by atoms with van der Waals surface area (Å²) >= 11 is 0. The van der Waals surface area contributed by atoms with Crippen LogP contribution in [0, 0.1) is 0 Å². The Morgan fingerprint density at radius 2 is 1.88 bits per heavy atom. The number of aliphatic hydroxyl groups excluding tert-OH is 2. The number of hydrogen-bond donors (Lipinski definition) is 5. The van der Waals surface area contributed by atoms with Crippen molar-refractivity contribution in [2.45, 2.75) is 82.8 Å². The Labute approximate surface area is 149 Å². The zero-order valence-corrected chi connectivity index (χ0v) is 15.2. The van der Waals surface area contributed by atoms with Gasteiger partial charge in [0.15, 0.2) is 5.54 Å². The third-order valence-corrected chi connectivity index (χ3v) is 4.64. The highest BCUT2D eigenvalue weighted by atomic mass is 16.4. The number of aliphatic carboxylic acids is 1. The first-order valence-corrected chi connectivity index (χ1v) is 9.28. The van der Waals surface area contributed by atoms with Crippen molar-refractivity contribution in [1.82, 2.24) is 9.97 Å². The number of aliphatic hydroxyl groups is 2. The third-order valence-electron chi connectivity index (χ3n) is 4.64. The molecule has 0 aliphatic rings. The van der Waals surface area contributed by atoms with Crippen LogP contribution in [-0.2, 0) is 17.6 Å². The second-order valence-electron chi connectivity index (χ2n) is 6.78. The van der Waals surface area contributed by atoms with Gasteiger partial charge in [0, 0.05) is 18.3 Å². The Balaban J connectivity index is 2.30. The van der Waals surface area contributed by atoms with Gasteiger partial charge in [-0.05, 0) is 19.3 Å². The van der Waals surface area contributed by atoms with Crippen LogP contribution in [0.3, 0.4) is 0 Å². The quantitative estimate of drug-likeness (QED) is 0.323. The number of unbranched alkanes of at least 4 members (excludes halogenated alkanes) is 6. The average molecular weight is 355 g/mol. The molecular formula is C18H33N3O4. The van der Waals surface area contributed by atoms with E-state index in [1.807, 2.05) is 0 Å². The molecule has 0 aromatic carbocycles. The SMILES string of the molecule is CCCCCCCCCc1cnc(CCC(O)C(N)(CO)C(=O)O)[nH]1. The Kier molecular flexibility index (Phi) is 9.70. The van der Waals surface area contributed by atoms with Crippen molar-refractivity contribution < 1.29 is 20.1 Å². The number of aromatic amines is 1. The van der Waals surface area contributed by atoms with Gasteiger partial charge < -0.3 is 26.0 Å². The number of aryl methyl sites for hydroxylation is 2. The van der Waals surface area contributed by atoms with Gasteiger partial charge in [0.1, 0.15) is 5.82 Å². The normalized spacial score (nSPS) is 15.0. The van der Waals surface area contributed by atoms with Crippen molar-refractivity contribution in [3.63, 3.8) is 0 Å². The second-order valence-corrected chi connectivity index (χ2v) is 6.78. The van der Waals surface area contributed by atoms with Gasteiger partial charge >= 0.3 is 5.97 Å². The predicted octanol–water partition coefficient (Wildman–Crippen LogP) is 1.77. The van der Waals surface area contributed by atoms with Crippen LogP contribution in [0.5, 0.6) is 0 Å². The molecule has 0 amide bonds. The summed E-state index contributed by atoms with van der Waals surface area (Å²) in [4.78, 5) is 18.5. The summed E-state index contributed by atoms with van der Waals surface area (Å²) < 4.78 is 0. The smallest absolute Gasteiger partial charge is 0.328 e. The molecule has 0 aliphatic carbocycles. The molecule has 0 bridgehead atoms. The molecule has 0 fully saturated rings. The van der Waals surface area contributed by atoms with E-state index in [0.29, 0.717) is 12.2 Å². The highest BCUT2D eigenvalue weighted by Gasteiger charge is 2.40. The number of rotatable bonds is 14. The van der Waals surface area contributed by atoms with E-state index >= 15 is 0 Å². The molecule has 0 saturated heterocycles. The van der Waals surface area contributed by atoms with Crippen LogP contribution >= 0.6 is 0 Å². The summed E-state index contributed by atoms with van der Waals surface area (Å²) in [5.41, 5.74) is 4.57. The largest absolute Gasteiger partial charge is 0.480 e. The fraction of sp³-hybridized carbons (Fsp3) is 0.778. The first-order valence-electron chi connectivity index (χ1n) is 9.28. The summed E-state index contributed by atoms with van der Waals surface area (Å²) in [6, 6.07) is 0. The molecule has 7 heteroatoms. The van der Waals surface area contributed by atoms with Gasteiger partial charge in [-0.3, -0.25) is 4.79 Å². The van der Waals surface area contributed by atoms with Gasteiger partial charge in [-0.25, -0.2) is 4.98 Å². The molecule has 2 atom stereocenters. The maximum absolute atomic E-state index is 11.1. The van der Waals surface area contributed by atoms with E-state index in [9.17, 15) is 9.90 Å². The van der Waals surface area contributed by atoms with E-state index in [0.717, 1.165) is 18.5 Å². The zero-order valence-electron chi connectivity index (χ0n) is 15.2. The molecule has 1 heterocycles. The molecule has 2 unspecified atom stereocenters. The van der Waals surface area contributed by atoms with Gasteiger partial charge in [-0.2, -0.15) is 0 Å². The van der Waals surface area contributed by atoms with Crippen molar-refractivity contribution in [2.24, 2.45) is 5.73 Å². The minimum Gasteiger partial charge on any atom is -0.480 e. The lowest BCUT2D eigenvalue weighted by molar-refractivity contribution is -0.150. The van der Waals surface area contributed by atoms with Crippen LogP contribution in [0.1, 0.15) is 69.8 Å². The van der Waals surface area contributed by atoms with E-state index < -0.39 is 24.2 Å². The Bertz CT molecular complexity index is 506. The summed E-state index contributed by atoms with van der Waals surface area (Å²) in [6.45, 7) is 1.40. The van der Waals surface area contributed by atoms with Crippen LogP contribution in [0.15, 0.2) is 6.20 Å². The van der Waals surface area contributed by atoms with Gasteiger partial charge in [0.25, 0.3) is 0 Å². The summed E-state index contributed by atoms with van der Waals surface area (Å²) in [5.74, 6) is -0.718. The van der Waals surface area contributed by atoms with E-state index in [1.54, 1.807) is 6.20 Å². The van der Waals surface area contributed by atoms with Crippen molar-refractivity contribution in [3.8, 4) is 0 Å². The molecule has 1 aromatic heterocycles. The second kappa shape index (κ2) is 11.2. The highest BCUT2D eigenvalue weighted by Crippen LogP contribution is 2.14. The van der Waals surface area contributed by atoms with Crippen LogP contribution in [0.2, 0.25) is 0 Å². The lowest BCUT2D eigenvalue weighted by Gasteiger charge is -2.27. The molecule has 0 aliphatic heterocycles. The fourth-order valence-corrected chi connectivity index (χ4v) is 2.78. The number of carboxylic acid groups (broad SMARTS) is 1. The summed E-state index contributed by atoms with van der Waals surface area (Å²) in [5, 5.41) is 28.1. The Morgan fingerprint density at radius 1 is 1.24 bits per heavy atom. The van der Waals surface area contributed by atoms with Gasteiger partial charge in [-0.15, -0.1) is 0 Å². The van der Waals surface area contributed by atoms with Crippen molar-refractivity contribution >= 4 is 5.97 Å². The van der Waals surface area contributed by atoms with Gasteiger partial charge in [0.05, 0.1) is 12.7 Å². The van der Waals surface area contributed by atoms with Crippen molar-refractivity contribution in [2.75, 3.05) is 6.61 Å². The molecule has 1 aromatic rings. The number of hydrogen-bond acceptors (Lipinski definition) is 5. The number of nitrogens with zero attached hydrogens (tertiary/aromatic N) is 1. The van der Waals surface area contributed by atoms with Crippen LogP contribution < -0.4 is 5.73 Å². The molecule has 0 spiro atoms. The minimum atomic E-state index is -2.03. The van der Waals surface area contributed by atoms with Crippen LogP contribution in [-0.4, -0.2) is 49.5 Å². The van der Waals surface area contributed by atoms with Gasteiger partial charge in [-0.1, -0.05) is 45.4 Å². The standard InChI is InChI=1S/C18H33N3O4/c1-2-3-4-5-6-7-8-9-14-12-20-16(21-14)11-10-15(23)18(19,13-22)17(24)25/h12,15,22-23H,2-11,13,19H2,1H3,(H,20,21)(H,24,25). The fourth-order valence-electron chi connectivity index (χ4n) is 2.78. The summed E-state index contributed by atoms with van der Waals surface area (Å²) in [6.07, 6.45) is 10.7. The zero-order chi connectivity index (χ0) is 18.7. The van der Waals surface area contributed by atoms with Crippen LogP contribution in [0.25, 0.3) is 0 Å². The number of carbonyl (C=O) groups is 1. The van der Waals surface area contributed by atoms with Crippen molar-refractivity contribution in [1.29, 1.82) is 0 Å². The monoisotopic (exact) mass is 355 g/mol. The Hall–Kier alpha value is -1.44. The highest BCUT2D eigenvalue weighted by molar-refractivity contribution is 5.79. The molecule has 25 heavy (non-hydrogen) atoms. The predicted molar refractivity (Wildman–Crippen MR) is 96.3 cm³/mol.